The van der Waals surface area contributed by atoms with E-state index in [1.165, 1.54) is 12.1 Å². The molecule has 4 rings (SSSR count). The van der Waals surface area contributed by atoms with Crippen molar-refractivity contribution in [3.05, 3.63) is 73.6 Å². The maximum atomic E-state index is 14.6. The molecule has 0 radical (unpaired) electrons. The molecular weight excluding hydrogens is 442 g/mol. The van der Waals surface area contributed by atoms with Crippen LogP contribution in [-0.2, 0) is 26.1 Å². The van der Waals surface area contributed by atoms with Crippen molar-refractivity contribution >= 4 is 11.3 Å². The minimum Gasteiger partial charge on any atom is -0.310 e. The molecule has 0 spiro atoms. The van der Waals surface area contributed by atoms with E-state index in [9.17, 15) is 13.6 Å². The molecule has 2 aromatic heterocycles. The van der Waals surface area contributed by atoms with E-state index >= 15 is 0 Å². The Balaban J connectivity index is 1.70. The van der Waals surface area contributed by atoms with Gasteiger partial charge < -0.3 is 9.47 Å². The molecule has 0 atom stereocenters. The van der Waals surface area contributed by atoms with E-state index in [0.717, 1.165) is 47.5 Å². The van der Waals surface area contributed by atoms with Crippen LogP contribution in [0.1, 0.15) is 41.7 Å². The Kier molecular flexibility index (Phi) is 7.07. The number of hydrogen-bond donors (Lipinski definition) is 0. The van der Waals surface area contributed by atoms with Crippen molar-refractivity contribution in [1.29, 1.82) is 0 Å². The molecule has 0 fully saturated rings. The molecule has 0 bridgehead atoms. The molecule has 0 saturated heterocycles. The Bertz CT molecular complexity index is 1200. The van der Waals surface area contributed by atoms with Gasteiger partial charge in [0, 0.05) is 55.3 Å². The van der Waals surface area contributed by atoms with E-state index in [4.69, 9.17) is 4.98 Å². The van der Waals surface area contributed by atoms with Crippen molar-refractivity contribution in [3.8, 4) is 11.1 Å². The zero-order valence-electron chi connectivity index (χ0n) is 19.6. The van der Waals surface area contributed by atoms with E-state index in [1.54, 1.807) is 22.0 Å². The van der Waals surface area contributed by atoms with Gasteiger partial charge in [0.2, 0.25) is 0 Å². The van der Waals surface area contributed by atoms with Crippen LogP contribution >= 0.6 is 11.3 Å². The van der Waals surface area contributed by atoms with Gasteiger partial charge in [0.05, 0.1) is 17.8 Å². The van der Waals surface area contributed by atoms with Crippen molar-refractivity contribution < 1.29 is 8.78 Å². The lowest BCUT2D eigenvalue weighted by Crippen LogP contribution is -2.37. The minimum atomic E-state index is -0.720. The second-order valence-corrected chi connectivity index (χ2v) is 10.1. The molecule has 176 valence electrons. The summed E-state index contributed by atoms with van der Waals surface area (Å²) in [6.45, 7) is 7.73. The van der Waals surface area contributed by atoms with Crippen LogP contribution in [0.5, 0.6) is 0 Å². The van der Waals surface area contributed by atoms with Gasteiger partial charge in [0.25, 0.3) is 5.56 Å². The molecule has 0 aliphatic carbocycles. The van der Waals surface area contributed by atoms with Gasteiger partial charge >= 0.3 is 0 Å². The molecule has 0 unspecified atom stereocenters. The van der Waals surface area contributed by atoms with Crippen LogP contribution in [0.25, 0.3) is 11.1 Å². The Morgan fingerprint density at radius 2 is 1.97 bits per heavy atom. The van der Waals surface area contributed by atoms with E-state index < -0.39 is 11.6 Å². The van der Waals surface area contributed by atoms with E-state index in [-0.39, 0.29) is 16.7 Å². The predicted molar refractivity (Wildman–Crippen MR) is 129 cm³/mol. The maximum absolute atomic E-state index is 14.6. The number of likely N-dealkylation sites (N-methyl/N-ethyl adjacent to an activating group) is 1. The summed E-state index contributed by atoms with van der Waals surface area (Å²) >= 11 is 1.67. The second-order valence-electron chi connectivity index (χ2n) is 9.20. The van der Waals surface area contributed by atoms with Gasteiger partial charge in [0.15, 0.2) is 0 Å². The quantitative estimate of drug-likeness (QED) is 0.508. The fourth-order valence-corrected chi connectivity index (χ4v) is 5.20. The van der Waals surface area contributed by atoms with Gasteiger partial charge in [-0.2, -0.15) is 0 Å². The SMILES string of the molecule is CC(C)c1csc(CN2CCc3c(cc(-c4ccc(F)cc4F)c(=O)n3CCN(C)C)C2)n1. The van der Waals surface area contributed by atoms with E-state index in [2.05, 4.69) is 24.1 Å². The highest BCUT2D eigenvalue weighted by molar-refractivity contribution is 7.09. The summed E-state index contributed by atoms with van der Waals surface area (Å²) in [5.41, 5.74) is 3.32. The largest absolute Gasteiger partial charge is 0.310 e. The summed E-state index contributed by atoms with van der Waals surface area (Å²) in [5.74, 6) is -0.975. The van der Waals surface area contributed by atoms with Gasteiger partial charge in [-0.05, 0) is 43.8 Å². The minimum absolute atomic E-state index is 0.140. The summed E-state index contributed by atoms with van der Waals surface area (Å²) in [6, 6.07) is 5.18. The van der Waals surface area contributed by atoms with Crippen molar-refractivity contribution in [2.75, 3.05) is 27.2 Å². The first kappa shape index (κ1) is 23.7. The molecule has 0 saturated carbocycles. The lowest BCUT2D eigenvalue weighted by atomic mass is 9.98. The Morgan fingerprint density at radius 1 is 1.18 bits per heavy atom. The molecule has 5 nitrogen and oxygen atoms in total. The lowest BCUT2D eigenvalue weighted by Gasteiger charge is -2.31. The topological polar surface area (TPSA) is 41.4 Å². The van der Waals surface area contributed by atoms with Gasteiger partial charge in [-0.25, -0.2) is 13.8 Å². The van der Waals surface area contributed by atoms with Crippen LogP contribution in [-0.4, -0.2) is 46.5 Å². The first-order valence-corrected chi connectivity index (χ1v) is 12.1. The van der Waals surface area contributed by atoms with Crippen LogP contribution in [0, 0.1) is 11.6 Å². The predicted octanol–water partition coefficient (Wildman–Crippen LogP) is 4.49. The average Bonchev–Trinajstić information content (AvgIpc) is 3.22. The van der Waals surface area contributed by atoms with Crippen molar-refractivity contribution in [2.24, 2.45) is 0 Å². The molecular formula is C25H30F2N4OS. The number of nitrogens with zero attached hydrogens (tertiary/aromatic N) is 4. The van der Waals surface area contributed by atoms with Crippen LogP contribution in [0.2, 0.25) is 0 Å². The summed E-state index contributed by atoms with van der Waals surface area (Å²) in [5, 5.41) is 3.19. The number of aromatic nitrogens is 2. The fourth-order valence-electron chi connectivity index (χ4n) is 4.20. The molecule has 0 N–H and O–H groups in total. The molecule has 0 amide bonds. The zero-order chi connectivity index (χ0) is 23.7. The zero-order valence-corrected chi connectivity index (χ0v) is 20.4. The molecule has 1 aromatic carbocycles. The van der Waals surface area contributed by atoms with E-state index in [1.807, 2.05) is 19.0 Å². The average molecular weight is 473 g/mol. The monoisotopic (exact) mass is 472 g/mol. The number of pyridine rings is 1. The lowest BCUT2D eigenvalue weighted by molar-refractivity contribution is 0.238. The number of halogens is 2. The van der Waals surface area contributed by atoms with E-state index in [0.29, 0.717) is 25.6 Å². The van der Waals surface area contributed by atoms with Crippen molar-refractivity contribution in [1.82, 2.24) is 19.4 Å². The first-order chi connectivity index (χ1) is 15.7. The highest BCUT2D eigenvalue weighted by Crippen LogP contribution is 2.27. The summed E-state index contributed by atoms with van der Waals surface area (Å²) < 4.78 is 29.9. The van der Waals surface area contributed by atoms with Gasteiger partial charge in [0.1, 0.15) is 16.6 Å². The fraction of sp³-hybridized carbons (Fsp3) is 0.440. The normalized spacial score (nSPS) is 14.3. The molecule has 33 heavy (non-hydrogen) atoms. The third kappa shape index (κ3) is 5.23. The van der Waals surface area contributed by atoms with Crippen LogP contribution in [0.3, 0.4) is 0 Å². The maximum Gasteiger partial charge on any atom is 0.258 e. The highest BCUT2D eigenvalue weighted by atomic mass is 32.1. The molecule has 1 aliphatic heterocycles. The number of thiazole rings is 1. The molecule has 3 aromatic rings. The summed E-state index contributed by atoms with van der Waals surface area (Å²) in [7, 11) is 3.92. The second kappa shape index (κ2) is 9.83. The van der Waals surface area contributed by atoms with Gasteiger partial charge in [-0.15, -0.1) is 11.3 Å². The first-order valence-electron chi connectivity index (χ1n) is 11.3. The molecule has 1 aliphatic rings. The van der Waals surface area contributed by atoms with Crippen LogP contribution in [0.4, 0.5) is 8.78 Å². The third-order valence-corrected chi connectivity index (χ3v) is 6.91. The third-order valence-electron chi connectivity index (χ3n) is 6.06. The summed E-state index contributed by atoms with van der Waals surface area (Å²) in [6.07, 6.45) is 0.743. The Labute approximate surface area is 197 Å². The number of hydrogen-bond acceptors (Lipinski definition) is 5. The van der Waals surface area contributed by atoms with Crippen LogP contribution in [0.15, 0.2) is 34.4 Å². The standard InChI is InChI=1S/C25H30F2N4OS/c1-16(2)22-15-33-24(28-22)14-30-8-7-23-17(13-30)11-20(19-6-5-18(26)12-21(19)27)25(32)31(23)10-9-29(3)4/h5-6,11-12,15-16H,7-10,13-14H2,1-4H3. The number of fused-ring (bicyclic) bond motifs is 1. The molecule has 8 heteroatoms. The Morgan fingerprint density at radius 3 is 2.64 bits per heavy atom. The number of rotatable bonds is 7. The Hall–Kier alpha value is -2.42. The van der Waals surface area contributed by atoms with Crippen molar-refractivity contribution in [2.45, 2.75) is 45.8 Å². The highest BCUT2D eigenvalue weighted by Gasteiger charge is 2.24. The summed E-state index contributed by atoms with van der Waals surface area (Å²) in [4.78, 5) is 22.5. The molecule has 3 heterocycles. The van der Waals surface area contributed by atoms with Gasteiger partial charge in [-0.3, -0.25) is 9.69 Å². The van der Waals surface area contributed by atoms with Gasteiger partial charge in [-0.1, -0.05) is 13.8 Å². The smallest absolute Gasteiger partial charge is 0.258 e. The van der Waals surface area contributed by atoms with Crippen molar-refractivity contribution in [3.63, 3.8) is 0 Å². The number of benzene rings is 1. The van der Waals surface area contributed by atoms with Crippen LogP contribution < -0.4 is 5.56 Å².